The van der Waals surface area contributed by atoms with Crippen LogP contribution in [0.1, 0.15) is 16.7 Å². The molecular weight excluding hydrogens is 563 g/mol. The lowest BCUT2D eigenvalue weighted by atomic mass is 10.0. The fourth-order valence-corrected chi connectivity index (χ4v) is 7.58. The van der Waals surface area contributed by atoms with Crippen molar-refractivity contribution in [1.82, 2.24) is 4.98 Å². The second kappa shape index (κ2) is 11.6. The number of aromatic hydroxyl groups is 1. The number of anilines is 2. The molecule has 0 spiro atoms. The molecule has 42 heavy (non-hydrogen) atoms. The Bertz CT molecular complexity index is 1820. The first-order valence-electron chi connectivity index (χ1n) is 13.6. The number of rotatable bonds is 8. The minimum atomic E-state index is -3.74. The first kappa shape index (κ1) is 29.4. The van der Waals surface area contributed by atoms with Crippen LogP contribution in [-0.2, 0) is 15.6 Å². The number of hydrogen-bond donors (Lipinski definition) is 1. The van der Waals surface area contributed by atoms with Gasteiger partial charge < -0.3 is 14.9 Å². The summed E-state index contributed by atoms with van der Waals surface area (Å²) in [5.41, 5.74) is 7.13. The number of hydrogen-bond acceptors (Lipinski definition) is 7. The molecule has 216 valence electrons. The highest BCUT2D eigenvalue weighted by Crippen LogP contribution is 2.44. The van der Waals surface area contributed by atoms with E-state index in [1.54, 1.807) is 6.07 Å². The molecule has 0 bridgehead atoms. The Morgan fingerprint density at radius 3 is 1.95 bits per heavy atom. The van der Waals surface area contributed by atoms with E-state index in [-0.39, 0.29) is 16.4 Å². The Labute approximate surface area is 252 Å². The molecule has 8 heteroatoms. The smallest absolute Gasteiger partial charge is 0.183 e. The van der Waals surface area contributed by atoms with Crippen molar-refractivity contribution >= 4 is 32.5 Å². The summed E-state index contributed by atoms with van der Waals surface area (Å²) in [6.45, 7) is 3.74. The molecule has 6 nitrogen and oxygen atoms in total. The maximum Gasteiger partial charge on any atom is 0.183 e. The molecule has 5 rings (SSSR count). The van der Waals surface area contributed by atoms with E-state index in [1.807, 2.05) is 106 Å². The predicted octanol–water partition coefficient (Wildman–Crippen LogP) is 7.57. The standard InChI is InChI=1S/C34H35N3O3S2/c1-22-18-26(19-23(2)32(22)38)34-35-31(33(41-34)25-12-14-27(15-13-25)36(3)4)29-17-16-28(37(5)6)20-30(29)42(39,40)21-24-10-8-7-9-11-24/h7-20,38H,21H2,1-6H3. The Morgan fingerprint density at radius 1 is 0.762 bits per heavy atom. The largest absolute Gasteiger partial charge is 0.507 e. The summed E-state index contributed by atoms with van der Waals surface area (Å²) in [4.78, 5) is 10.2. The van der Waals surface area contributed by atoms with Crippen LogP contribution in [0.2, 0.25) is 0 Å². The predicted molar refractivity (Wildman–Crippen MR) is 176 cm³/mol. The highest BCUT2D eigenvalue weighted by Gasteiger charge is 2.26. The van der Waals surface area contributed by atoms with Crippen LogP contribution in [0.15, 0.2) is 89.8 Å². The summed E-state index contributed by atoms with van der Waals surface area (Å²) in [6.07, 6.45) is 0. The highest BCUT2D eigenvalue weighted by molar-refractivity contribution is 7.90. The molecule has 0 atom stereocenters. The van der Waals surface area contributed by atoms with E-state index in [2.05, 4.69) is 24.3 Å². The highest BCUT2D eigenvalue weighted by atomic mass is 32.2. The lowest BCUT2D eigenvalue weighted by Crippen LogP contribution is -2.12. The topological polar surface area (TPSA) is 73.7 Å². The van der Waals surface area contributed by atoms with Gasteiger partial charge in [-0.15, -0.1) is 11.3 Å². The normalized spacial score (nSPS) is 11.5. The van der Waals surface area contributed by atoms with E-state index in [4.69, 9.17) is 4.98 Å². The molecule has 0 aliphatic carbocycles. The van der Waals surface area contributed by atoms with E-state index < -0.39 is 9.84 Å². The fourth-order valence-electron chi connectivity index (χ4n) is 4.93. The van der Waals surface area contributed by atoms with E-state index in [0.717, 1.165) is 49.1 Å². The number of aryl methyl sites for hydroxylation is 2. The fraction of sp³-hybridized carbons (Fsp3) is 0.206. The SMILES string of the molecule is Cc1cc(-c2nc(-c3ccc(N(C)C)cc3S(=O)(=O)Cc3ccccc3)c(-c3ccc(N(C)C)cc3)s2)cc(C)c1O. The lowest BCUT2D eigenvalue weighted by Gasteiger charge is -2.17. The lowest BCUT2D eigenvalue weighted by molar-refractivity contribution is 0.467. The summed E-state index contributed by atoms with van der Waals surface area (Å²) in [7, 11) is 4.05. The Hall–Kier alpha value is -4.14. The molecule has 0 radical (unpaired) electrons. The van der Waals surface area contributed by atoms with Gasteiger partial charge in [0.1, 0.15) is 10.8 Å². The molecule has 0 saturated heterocycles. The summed E-state index contributed by atoms with van der Waals surface area (Å²) in [5.74, 6) is 0.154. The number of phenols is 1. The van der Waals surface area contributed by atoms with Gasteiger partial charge in [0.2, 0.25) is 0 Å². The zero-order valence-corrected chi connectivity index (χ0v) is 26.3. The van der Waals surface area contributed by atoms with Crippen LogP contribution < -0.4 is 9.80 Å². The van der Waals surface area contributed by atoms with Crippen molar-refractivity contribution in [2.24, 2.45) is 0 Å². The number of thiazole rings is 1. The molecule has 0 fully saturated rings. The van der Waals surface area contributed by atoms with Gasteiger partial charge in [-0.3, -0.25) is 0 Å². The maximum absolute atomic E-state index is 14.1. The van der Waals surface area contributed by atoms with E-state index in [0.29, 0.717) is 11.3 Å². The van der Waals surface area contributed by atoms with Crippen LogP contribution in [-0.4, -0.2) is 46.7 Å². The van der Waals surface area contributed by atoms with Crippen molar-refractivity contribution in [3.8, 4) is 38.0 Å². The number of sulfone groups is 1. The third-order valence-electron chi connectivity index (χ3n) is 7.28. The first-order chi connectivity index (χ1) is 19.9. The van der Waals surface area contributed by atoms with Gasteiger partial charge in [-0.05, 0) is 78.6 Å². The summed E-state index contributed by atoms with van der Waals surface area (Å²) in [6, 6.07) is 26.9. The Kier molecular flexibility index (Phi) is 8.12. The second-order valence-electron chi connectivity index (χ2n) is 10.9. The average molecular weight is 598 g/mol. The molecule has 5 aromatic rings. The Morgan fingerprint density at radius 2 is 1.36 bits per heavy atom. The minimum Gasteiger partial charge on any atom is -0.507 e. The molecule has 1 aromatic heterocycles. The van der Waals surface area contributed by atoms with Crippen LogP contribution in [0.25, 0.3) is 32.3 Å². The van der Waals surface area contributed by atoms with E-state index in [1.165, 1.54) is 11.3 Å². The van der Waals surface area contributed by atoms with Crippen LogP contribution in [0, 0.1) is 13.8 Å². The Balaban J connectivity index is 1.75. The number of benzene rings is 4. The van der Waals surface area contributed by atoms with Crippen molar-refractivity contribution < 1.29 is 13.5 Å². The molecule has 0 aliphatic heterocycles. The van der Waals surface area contributed by atoms with Crippen molar-refractivity contribution in [1.29, 1.82) is 0 Å². The molecule has 0 amide bonds. The summed E-state index contributed by atoms with van der Waals surface area (Å²) in [5, 5.41) is 11.1. The van der Waals surface area contributed by atoms with Gasteiger partial charge >= 0.3 is 0 Å². The second-order valence-corrected chi connectivity index (χ2v) is 13.9. The number of aromatic nitrogens is 1. The van der Waals surface area contributed by atoms with Gasteiger partial charge in [0.25, 0.3) is 0 Å². The average Bonchev–Trinajstić information content (AvgIpc) is 3.41. The van der Waals surface area contributed by atoms with Crippen molar-refractivity contribution in [3.63, 3.8) is 0 Å². The maximum atomic E-state index is 14.1. The van der Waals surface area contributed by atoms with Gasteiger partial charge in [-0.2, -0.15) is 0 Å². The minimum absolute atomic E-state index is 0.113. The van der Waals surface area contributed by atoms with Crippen LogP contribution >= 0.6 is 11.3 Å². The van der Waals surface area contributed by atoms with Crippen LogP contribution in [0.3, 0.4) is 0 Å². The van der Waals surface area contributed by atoms with Gasteiger partial charge in [0, 0.05) is 50.7 Å². The van der Waals surface area contributed by atoms with Crippen molar-refractivity contribution in [3.05, 3.63) is 102 Å². The first-order valence-corrected chi connectivity index (χ1v) is 16.1. The van der Waals surface area contributed by atoms with Crippen molar-refractivity contribution in [2.45, 2.75) is 24.5 Å². The van der Waals surface area contributed by atoms with Gasteiger partial charge in [0.05, 0.1) is 21.2 Å². The third-order valence-corrected chi connectivity index (χ3v) is 10.2. The van der Waals surface area contributed by atoms with Gasteiger partial charge in [-0.25, -0.2) is 13.4 Å². The van der Waals surface area contributed by atoms with Crippen LogP contribution in [0.5, 0.6) is 5.75 Å². The quantitative estimate of drug-likeness (QED) is 0.199. The molecule has 0 saturated carbocycles. The van der Waals surface area contributed by atoms with Gasteiger partial charge in [0.15, 0.2) is 9.84 Å². The summed E-state index contributed by atoms with van der Waals surface area (Å²) >= 11 is 1.52. The molecule has 4 aromatic carbocycles. The van der Waals surface area contributed by atoms with E-state index >= 15 is 0 Å². The zero-order chi connectivity index (χ0) is 30.2. The molecule has 1 heterocycles. The number of nitrogens with zero attached hydrogens (tertiary/aromatic N) is 3. The van der Waals surface area contributed by atoms with Crippen LogP contribution in [0.4, 0.5) is 11.4 Å². The summed E-state index contributed by atoms with van der Waals surface area (Å²) < 4.78 is 28.1. The third kappa shape index (κ3) is 5.91. The zero-order valence-electron chi connectivity index (χ0n) is 24.7. The van der Waals surface area contributed by atoms with E-state index in [9.17, 15) is 13.5 Å². The van der Waals surface area contributed by atoms with Crippen molar-refractivity contribution in [2.75, 3.05) is 38.0 Å². The molecule has 0 aliphatic rings. The molecule has 0 unspecified atom stereocenters. The molecular formula is C34H35N3O3S2. The molecule has 1 N–H and O–H groups in total. The number of phenolic OH excluding ortho intramolecular Hbond substituents is 1. The van der Waals surface area contributed by atoms with Gasteiger partial charge in [-0.1, -0.05) is 42.5 Å². The monoisotopic (exact) mass is 597 g/mol.